The normalized spacial score (nSPS) is 14.0. The number of phosphoric acid groups is 1. The van der Waals surface area contributed by atoms with Crippen molar-refractivity contribution in [1.82, 2.24) is 0 Å². The molecule has 0 aromatic rings. The fraction of sp³-hybridized carbons (Fsp3) is 0.870. The predicted octanol–water partition coefficient (Wildman–Crippen LogP) is 12.6. The molecule has 0 spiro atoms. The van der Waals surface area contributed by atoms with Gasteiger partial charge in [-0.1, -0.05) is 167 Å². The zero-order valence-corrected chi connectivity index (χ0v) is 37.5. The van der Waals surface area contributed by atoms with Crippen molar-refractivity contribution in [2.24, 2.45) is 0 Å². The fourth-order valence-electron chi connectivity index (χ4n) is 6.45. The van der Waals surface area contributed by atoms with Crippen LogP contribution in [-0.2, 0) is 32.7 Å². The van der Waals surface area contributed by atoms with E-state index in [2.05, 4.69) is 38.2 Å². The van der Waals surface area contributed by atoms with Gasteiger partial charge < -0.3 is 24.6 Å². The second kappa shape index (κ2) is 42.6. The molecule has 0 amide bonds. The molecule has 3 N–H and O–H groups in total. The van der Waals surface area contributed by atoms with Crippen molar-refractivity contribution in [2.45, 2.75) is 232 Å². The summed E-state index contributed by atoms with van der Waals surface area (Å²) in [5, 5.41) is 18.4. The maximum absolute atomic E-state index is 12.6. The standard InChI is InChI=1S/C46H87O10P/c1-3-5-7-9-11-13-15-17-19-21-23-25-27-29-31-33-35-37-45(49)53-41-44(42-55-57(51,52)54-40-43(48)39-47)56-46(50)38-36-34-32-30-28-26-24-22-20-18-16-14-12-10-8-6-4-2/h14,16-17,19,43-44,47-48H,3-13,15,18,20-42H2,1-2H3,(H,51,52)/b16-14+,19-17+/t43-,44+/m0/s1. The molecule has 0 radical (unpaired) electrons. The minimum atomic E-state index is -4.62. The summed E-state index contributed by atoms with van der Waals surface area (Å²) >= 11 is 0. The first-order valence-electron chi connectivity index (χ1n) is 23.3. The molecular formula is C46H87O10P. The summed E-state index contributed by atoms with van der Waals surface area (Å²) < 4.78 is 32.8. The first-order valence-corrected chi connectivity index (χ1v) is 24.8. The van der Waals surface area contributed by atoms with Crippen molar-refractivity contribution in [2.75, 3.05) is 26.4 Å². The third kappa shape index (κ3) is 42.4. The molecule has 0 saturated heterocycles. The van der Waals surface area contributed by atoms with Crippen LogP contribution in [0.2, 0.25) is 0 Å². The molecule has 0 aromatic carbocycles. The quantitative estimate of drug-likeness (QED) is 0.0234. The number of aliphatic hydroxyl groups excluding tert-OH is 2. The van der Waals surface area contributed by atoms with Crippen molar-refractivity contribution in [3.8, 4) is 0 Å². The van der Waals surface area contributed by atoms with Crippen LogP contribution in [0.15, 0.2) is 24.3 Å². The number of carbonyl (C=O) groups is 2. The average Bonchev–Trinajstić information content (AvgIpc) is 3.20. The Balaban J connectivity index is 4.24. The minimum absolute atomic E-state index is 0.183. The van der Waals surface area contributed by atoms with Crippen molar-refractivity contribution >= 4 is 19.8 Å². The number of esters is 2. The van der Waals surface area contributed by atoms with Crippen LogP contribution in [0.4, 0.5) is 0 Å². The van der Waals surface area contributed by atoms with Gasteiger partial charge >= 0.3 is 19.8 Å². The molecule has 3 atom stereocenters. The molecule has 0 rings (SSSR count). The highest BCUT2D eigenvalue weighted by molar-refractivity contribution is 7.47. The first kappa shape index (κ1) is 55.5. The Labute approximate surface area is 348 Å². The molecule has 1 unspecified atom stereocenters. The summed E-state index contributed by atoms with van der Waals surface area (Å²) in [6.45, 7) is 2.38. The number of unbranched alkanes of at least 4 members (excludes halogenated alkanes) is 26. The Morgan fingerprint density at radius 2 is 0.860 bits per heavy atom. The summed E-state index contributed by atoms with van der Waals surface area (Å²) in [4.78, 5) is 35.1. The van der Waals surface area contributed by atoms with Crippen molar-refractivity contribution in [3.05, 3.63) is 24.3 Å². The fourth-order valence-corrected chi connectivity index (χ4v) is 7.24. The third-order valence-corrected chi connectivity index (χ3v) is 11.0. The van der Waals surface area contributed by atoms with E-state index in [0.29, 0.717) is 12.8 Å². The zero-order valence-electron chi connectivity index (χ0n) is 36.6. The summed E-state index contributed by atoms with van der Waals surface area (Å²) in [6, 6.07) is 0. The Hall–Kier alpha value is -1.55. The van der Waals surface area contributed by atoms with Crippen LogP contribution in [0, 0.1) is 0 Å². The van der Waals surface area contributed by atoms with Gasteiger partial charge in [0.1, 0.15) is 12.7 Å². The Morgan fingerprint density at radius 1 is 0.509 bits per heavy atom. The Morgan fingerprint density at radius 3 is 1.28 bits per heavy atom. The van der Waals surface area contributed by atoms with E-state index in [1.165, 1.54) is 135 Å². The largest absolute Gasteiger partial charge is 0.472 e. The molecule has 0 bridgehead atoms. The summed E-state index contributed by atoms with van der Waals surface area (Å²) in [6.07, 6.45) is 42.8. The van der Waals surface area contributed by atoms with Gasteiger partial charge in [0.25, 0.3) is 0 Å². The van der Waals surface area contributed by atoms with E-state index in [-0.39, 0.29) is 19.4 Å². The number of hydrogen-bond donors (Lipinski definition) is 3. The highest BCUT2D eigenvalue weighted by Gasteiger charge is 2.27. The molecule has 0 fully saturated rings. The second-order valence-corrected chi connectivity index (χ2v) is 17.2. The molecular weight excluding hydrogens is 743 g/mol. The predicted molar refractivity (Wildman–Crippen MR) is 233 cm³/mol. The number of rotatable bonds is 44. The molecule has 0 aromatic heterocycles. The van der Waals surface area contributed by atoms with E-state index in [1.54, 1.807) is 0 Å². The van der Waals surface area contributed by atoms with Gasteiger partial charge in [-0.05, 0) is 64.2 Å². The molecule has 0 saturated carbocycles. The van der Waals surface area contributed by atoms with Crippen molar-refractivity contribution in [1.29, 1.82) is 0 Å². The van der Waals surface area contributed by atoms with Gasteiger partial charge in [-0.15, -0.1) is 0 Å². The van der Waals surface area contributed by atoms with Gasteiger partial charge in [-0.25, -0.2) is 4.57 Å². The van der Waals surface area contributed by atoms with E-state index < -0.39 is 51.8 Å². The first-order chi connectivity index (χ1) is 27.7. The van der Waals surface area contributed by atoms with E-state index >= 15 is 0 Å². The summed E-state index contributed by atoms with van der Waals surface area (Å²) in [5.74, 6) is -0.925. The summed E-state index contributed by atoms with van der Waals surface area (Å²) in [7, 11) is -4.62. The van der Waals surface area contributed by atoms with Crippen LogP contribution in [0.25, 0.3) is 0 Å². The van der Waals surface area contributed by atoms with Crippen LogP contribution >= 0.6 is 7.82 Å². The van der Waals surface area contributed by atoms with Crippen LogP contribution in [0.3, 0.4) is 0 Å². The van der Waals surface area contributed by atoms with Crippen molar-refractivity contribution in [3.63, 3.8) is 0 Å². The van der Waals surface area contributed by atoms with Crippen molar-refractivity contribution < 1.29 is 47.8 Å². The molecule has 11 heteroatoms. The van der Waals surface area contributed by atoms with Gasteiger partial charge in [0.05, 0.1) is 19.8 Å². The number of hydrogen-bond acceptors (Lipinski definition) is 9. The van der Waals surface area contributed by atoms with E-state index in [1.807, 2.05) is 0 Å². The monoisotopic (exact) mass is 831 g/mol. The maximum atomic E-state index is 12.6. The third-order valence-electron chi connectivity index (χ3n) is 10.1. The number of aliphatic hydroxyl groups is 2. The summed E-state index contributed by atoms with van der Waals surface area (Å²) in [5.41, 5.74) is 0. The smallest absolute Gasteiger partial charge is 0.462 e. The van der Waals surface area contributed by atoms with E-state index in [4.69, 9.17) is 23.6 Å². The van der Waals surface area contributed by atoms with Crippen LogP contribution < -0.4 is 0 Å². The topological polar surface area (TPSA) is 149 Å². The number of carbonyl (C=O) groups excluding carboxylic acids is 2. The lowest BCUT2D eigenvalue weighted by Gasteiger charge is -2.20. The van der Waals surface area contributed by atoms with Crippen LogP contribution in [0.1, 0.15) is 219 Å². The Bertz CT molecular complexity index is 1000. The van der Waals surface area contributed by atoms with Gasteiger partial charge in [0.15, 0.2) is 6.10 Å². The van der Waals surface area contributed by atoms with Gasteiger partial charge in [-0.2, -0.15) is 0 Å². The van der Waals surface area contributed by atoms with Crippen LogP contribution in [-0.4, -0.2) is 65.7 Å². The SMILES string of the molecule is CCCCCC/C=C/CCCCCCCCCCCC(=O)O[C@H](COC(=O)CCCCCCCCC/C=C/CCCCCCCC)COP(=O)(O)OC[C@@H](O)CO. The number of ether oxygens (including phenoxy) is 2. The van der Waals surface area contributed by atoms with Gasteiger partial charge in [0.2, 0.25) is 0 Å². The number of allylic oxidation sites excluding steroid dienone is 4. The lowest BCUT2D eigenvalue weighted by molar-refractivity contribution is -0.161. The van der Waals surface area contributed by atoms with Gasteiger partial charge in [0, 0.05) is 12.8 Å². The molecule has 0 aliphatic heterocycles. The maximum Gasteiger partial charge on any atom is 0.472 e. The van der Waals surface area contributed by atoms with Gasteiger partial charge in [-0.3, -0.25) is 18.6 Å². The Kier molecular flexibility index (Phi) is 41.4. The molecule has 10 nitrogen and oxygen atoms in total. The molecule has 57 heavy (non-hydrogen) atoms. The number of phosphoric ester groups is 1. The average molecular weight is 831 g/mol. The highest BCUT2D eigenvalue weighted by atomic mass is 31.2. The zero-order chi connectivity index (χ0) is 41.9. The minimum Gasteiger partial charge on any atom is -0.462 e. The molecule has 336 valence electrons. The lowest BCUT2D eigenvalue weighted by atomic mass is 10.1. The molecule has 0 aliphatic carbocycles. The molecule has 0 heterocycles. The molecule has 0 aliphatic rings. The van der Waals surface area contributed by atoms with Crippen LogP contribution in [0.5, 0.6) is 0 Å². The highest BCUT2D eigenvalue weighted by Crippen LogP contribution is 2.43. The lowest BCUT2D eigenvalue weighted by Crippen LogP contribution is -2.29. The second-order valence-electron chi connectivity index (χ2n) is 15.8. The van der Waals surface area contributed by atoms with E-state index in [0.717, 1.165) is 44.9 Å². The van der Waals surface area contributed by atoms with E-state index in [9.17, 15) is 24.2 Å².